The van der Waals surface area contributed by atoms with Crippen molar-refractivity contribution in [3.05, 3.63) is 35.9 Å². The molecule has 11 heavy (non-hydrogen) atoms. The molecule has 2 nitrogen and oxygen atoms in total. The van der Waals surface area contributed by atoms with E-state index in [9.17, 15) is 0 Å². The smallest absolute Gasteiger partial charge is 0.131 e. The number of hydrogen-bond donors (Lipinski definition) is 1. The maximum Gasteiger partial charge on any atom is 0.131 e. The summed E-state index contributed by atoms with van der Waals surface area (Å²) in [6, 6.07) is 10.2. The average Bonchev–Trinajstić information content (AvgIpc) is 2.03. The monoisotopic (exact) mass is 265 g/mol. The largest absolute Gasteiger partial charge is 1.00 e. The van der Waals surface area contributed by atoms with Gasteiger partial charge in [-0.05, 0) is 0 Å². The highest BCUT2D eigenvalue weighted by Crippen LogP contribution is 1.93. The van der Waals surface area contributed by atoms with Gasteiger partial charge in [0.05, 0.1) is 7.11 Å². The molecule has 0 aromatic heterocycles. The SMILES string of the molecule is CO[NH2+]Cc1ccccc1.[I-]. The van der Waals surface area contributed by atoms with E-state index in [2.05, 4.69) is 12.1 Å². The van der Waals surface area contributed by atoms with Crippen molar-refractivity contribution in [2.24, 2.45) is 0 Å². The van der Waals surface area contributed by atoms with E-state index in [0.29, 0.717) is 0 Å². The van der Waals surface area contributed by atoms with E-state index < -0.39 is 0 Å². The number of nitrogens with two attached hydrogens (primary N) is 1. The molecular formula is C8H12INO. The van der Waals surface area contributed by atoms with Gasteiger partial charge in [-0.25, -0.2) is 4.84 Å². The topological polar surface area (TPSA) is 25.8 Å². The lowest BCUT2D eigenvalue weighted by atomic mass is 10.2. The van der Waals surface area contributed by atoms with Crippen molar-refractivity contribution in [1.82, 2.24) is 0 Å². The summed E-state index contributed by atoms with van der Waals surface area (Å²) >= 11 is 0. The lowest BCUT2D eigenvalue weighted by Crippen LogP contribution is -3.00. The number of quaternary nitrogens is 1. The van der Waals surface area contributed by atoms with Crippen LogP contribution in [0.2, 0.25) is 0 Å². The zero-order valence-electron chi connectivity index (χ0n) is 6.46. The maximum atomic E-state index is 4.82. The fraction of sp³-hybridized carbons (Fsp3) is 0.250. The van der Waals surface area contributed by atoms with Gasteiger partial charge in [0, 0.05) is 5.56 Å². The molecule has 0 saturated carbocycles. The maximum absolute atomic E-state index is 4.82. The summed E-state index contributed by atoms with van der Waals surface area (Å²) < 4.78 is 0. The van der Waals surface area contributed by atoms with Crippen molar-refractivity contribution in [3.63, 3.8) is 0 Å². The van der Waals surface area contributed by atoms with E-state index in [1.165, 1.54) is 5.56 Å². The van der Waals surface area contributed by atoms with Gasteiger partial charge in [0.25, 0.3) is 0 Å². The molecule has 3 heteroatoms. The summed E-state index contributed by atoms with van der Waals surface area (Å²) in [5.74, 6) is 0. The first-order valence-corrected chi connectivity index (χ1v) is 3.32. The number of benzene rings is 1. The summed E-state index contributed by atoms with van der Waals surface area (Å²) in [6.45, 7) is 0.886. The molecule has 0 fully saturated rings. The Morgan fingerprint density at radius 2 is 1.91 bits per heavy atom. The third kappa shape index (κ3) is 4.34. The Morgan fingerprint density at radius 1 is 1.27 bits per heavy atom. The second-order valence-corrected chi connectivity index (χ2v) is 2.09. The normalized spacial score (nSPS) is 8.82. The second-order valence-electron chi connectivity index (χ2n) is 2.09. The highest BCUT2D eigenvalue weighted by atomic mass is 127. The predicted molar refractivity (Wildman–Crippen MR) is 39.1 cm³/mol. The van der Waals surface area contributed by atoms with Crippen LogP contribution < -0.4 is 29.5 Å². The zero-order chi connectivity index (χ0) is 7.23. The lowest BCUT2D eigenvalue weighted by Gasteiger charge is -1.95. The van der Waals surface area contributed by atoms with E-state index in [1.54, 1.807) is 12.6 Å². The lowest BCUT2D eigenvalue weighted by molar-refractivity contribution is -0.901. The van der Waals surface area contributed by atoms with E-state index >= 15 is 0 Å². The van der Waals surface area contributed by atoms with Crippen molar-refractivity contribution in [1.29, 1.82) is 0 Å². The minimum Gasteiger partial charge on any atom is -1.00 e. The van der Waals surface area contributed by atoms with Gasteiger partial charge >= 0.3 is 0 Å². The van der Waals surface area contributed by atoms with Crippen LogP contribution in [0.3, 0.4) is 0 Å². The Morgan fingerprint density at radius 3 is 2.45 bits per heavy atom. The second kappa shape index (κ2) is 6.57. The van der Waals surface area contributed by atoms with E-state index in [4.69, 9.17) is 4.84 Å². The van der Waals surface area contributed by atoms with Gasteiger partial charge in [-0.15, -0.1) is 0 Å². The molecule has 0 aliphatic heterocycles. The summed E-state index contributed by atoms with van der Waals surface area (Å²) in [5.41, 5.74) is 3.07. The predicted octanol–water partition coefficient (Wildman–Crippen LogP) is -2.68. The van der Waals surface area contributed by atoms with E-state index in [1.807, 2.05) is 18.2 Å². The molecule has 0 spiro atoms. The van der Waals surface area contributed by atoms with Crippen molar-refractivity contribution >= 4 is 0 Å². The Kier molecular flexibility index (Phi) is 6.49. The molecule has 0 unspecified atom stereocenters. The molecule has 1 rings (SSSR count). The standard InChI is InChI=1S/C8H11NO.HI/c1-10-9-7-8-5-3-2-4-6-8;/h2-6,9H,7H2,1H3;1H. The number of halogens is 1. The van der Waals surface area contributed by atoms with Gasteiger partial charge in [-0.3, -0.25) is 0 Å². The third-order valence-electron chi connectivity index (χ3n) is 1.33. The van der Waals surface area contributed by atoms with Gasteiger partial charge < -0.3 is 24.0 Å². The number of hydroxylamine groups is 1. The molecule has 2 N–H and O–H groups in total. The first-order valence-electron chi connectivity index (χ1n) is 3.32. The molecule has 1 aromatic rings. The molecule has 0 aliphatic carbocycles. The van der Waals surface area contributed by atoms with Gasteiger partial charge in [0.2, 0.25) is 0 Å². The summed E-state index contributed by atoms with van der Waals surface area (Å²) in [6.07, 6.45) is 0. The van der Waals surface area contributed by atoms with E-state index in [0.717, 1.165) is 6.54 Å². The first-order chi connectivity index (χ1) is 4.93. The fourth-order valence-electron chi connectivity index (χ4n) is 0.794. The van der Waals surface area contributed by atoms with Gasteiger partial charge in [0.1, 0.15) is 6.54 Å². The molecule has 1 aromatic carbocycles. The molecule has 0 amide bonds. The Balaban J connectivity index is 0.000001000. The van der Waals surface area contributed by atoms with Crippen molar-refractivity contribution in [2.45, 2.75) is 6.54 Å². The summed E-state index contributed by atoms with van der Waals surface area (Å²) in [7, 11) is 1.67. The number of rotatable bonds is 3. The van der Waals surface area contributed by atoms with Gasteiger partial charge in [-0.2, -0.15) is 5.48 Å². The molecule has 0 saturated heterocycles. The van der Waals surface area contributed by atoms with Gasteiger partial charge in [0.15, 0.2) is 0 Å². The van der Waals surface area contributed by atoms with E-state index in [-0.39, 0.29) is 24.0 Å². The zero-order valence-corrected chi connectivity index (χ0v) is 8.61. The Hall–Kier alpha value is -0.130. The first kappa shape index (κ1) is 10.9. The molecule has 0 heterocycles. The van der Waals surface area contributed by atoms with Crippen LogP contribution in [0.15, 0.2) is 30.3 Å². The van der Waals surface area contributed by atoms with Crippen LogP contribution in [0.5, 0.6) is 0 Å². The van der Waals surface area contributed by atoms with Crippen molar-refractivity contribution in [3.8, 4) is 0 Å². The molecule has 0 bridgehead atoms. The summed E-state index contributed by atoms with van der Waals surface area (Å²) in [5, 5.41) is 0. The van der Waals surface area contributed by atoms with Crippen LogP contribution in [0, 0.1) is 0 Å². The molecule has 0 aliphatic rings. The highest BCUT2D eigenvalue weighted by Gasteiger charge is 1.89. The molecule has 0 radical (unpaired) electrons. The fourth-order valence-corrected chi connectivity index (χ4v) is 0.794. The van der Waals surface area contributed by atoms with Crippen LogP contribution in [0.4, 0.5) is 0 Å². The average molecular weight is 265 g/mol. The molecule has 0 atom stereocenters. The van der Waals surface area contributed by atoms with Gasteiger partial charge in [-0.1, -0.05) is 30.3 Å². The summed E-state index contributed by atoms with van der Waals surface area (Å²) in [4.78, 5) is 4.82. The minimum absolute atomic E-state index is 0. The van der Waals surface area contributed by atoms with Crippen LogP contribution in [0.1, 0.15) is 5.56 Å². The van der Waals surface area contributed by atoms with Crippen LogP contribution >= 0.6 is 0 Å². The minimum atomic E-state index is 0. The van der Waals surface area contributed by atoms with Crippen LogP contribution in [-0.2, 0) is 11.4 Å². The van der Waals surface area contributed by atoms with Crippen molar-refractivity contribution in [2.75, 3.05) is 7.11 Å². The molecule has 62 valence electrons. The number of hydrogen-bond acceptors (Lipinski definition) is 1. The Bertz CT molecular complexity index is 179. The van der Waals surface area contributed by atoms with Crippen molar-refractivity contribution < 1.29 is 34.3 Å². The van der Waals surface area contributed by atoms with Crippen LogP contribution in [0.25, 0.3) is 0 Å². The highest BCUT2D eigenvalue weighted by molar-refractivity contribution is 5.12. The molecular weight excluding hydrogens is 253 g/mol. The quantitative estimate of drug-likeness (QED) is 0.467. The Labute approximate surface area is 83.9 Å². The third-order valence-corrected chi connectivity index (χ3v) is 1.33. The van der Waals surface area contributed by atoms with Crippen LogP contribution in [-0.4, -0.2) is 7.11 Å².